The van der Waals surface area contributed by atoms with E-state index in [1.807, 2.05) is 0 Å². The van der Waals surface area contributed by atoms with Gasteiger partial charge in [0.1, 0.15) is 0 Å². The van der Waals surface area contributed by atoms with E-state index in [0.717, 1.165) is 24.2 Å². The van der Waals surface area contributed by atoms with E-state index >= 15 is 0 Å². The monoisotopic (exact) mass is 444 g/mol. The number of hydrogen-bond donors (Lipinski definition) is 0. The fourth-order valence-corrected chi connectivity index (χ4v) is 11.3. The topological polar surface area (TPSA) is 26.3 Å². The molecular weight excluding hydrogens is 396 g/mol. The van der Waals surface area contributed by atoms with E-state index < -0.39 is 8.32 Å². The Hall–Kier alpha value is -0.413. The van der Waals surface area contributed by atoms with Crippen LogP contribution < -0.4 is 0 Å². The Bertz CT molecular complexity index is 727. The van der Waals surface area contributed by atoms with Crippen molar-refractivity contribution in [3.8, 4) is 0 Å². The number of carbonyl (C=O) groups is 1. The number of ketones is 1. The summed E-state index contributed by atoms with van der Waals surface area (Å²) in [5, 5.41) is 0. The van der Waals surface area contributed by atoms with Crippen LogP contribution in [0.4, 0.5) is 0 Å². The van der Waals surface area contributed by atoms with Crippen molar-refractivity contribution in [3.05, 3.63) is 11.6 Å². The number of rotatable bonds is 6. The number of hydrogen-bond acceptors (Lipinski definition) is 2. The van der Waals surface area contributed by atoms with Crippen molar-refractivity contribution in [3.63, 3.8) is 0 Å². The summed E-state index contributed by atoms with van der Waals surface area (Å²) in [4.78, 5) is 12.8. The van der Waals surface area contributed by atoms with Gasteiger partial charge in [-0.25, -0.2) is 0 Å². The lowest BCUT2D eigenvalue weighted by Crippen LogP contribution is -2.59. The minimum atomic E-state index is -1.78. The minimum Gasteiger partial charge on any atom is -0.413 e. The van der Waals surface area contributed by atoms with Gasteiger partial charge in [0.25, 0.3) is 0 Å². The highest BCUT2D eigenvalue weighted by molar-refractivity contribution is 6.71. The molecule has 0 N–H and O–H groups in total. The first-order chi connectivity index (χ1) is 14.6. The fraction of sp³-hybridized carbons (Fsp3) is 0.893. The molecule has 3 heteroatoms. The van der Waals surface area contributed by atoms with Gasteiger partial charge in [-0.2, -0.15) is 0 Å². The van der Waals surface area contributed by atoms with Gasteiger partial charge >= 0.3 is 0 Å². The molecule has 8 atom stereocenters. The second kappa shape index (κ2) is 8.42. The lowest BCUT2D eigenvalue weighted by atomic mass is 9.44. The number of fused-ring (bicyclic) bond motifs is 5. The largest absolute Gasteiger partial charge is 0.413 e. The molecule has 0 bridgehead atoms. The Morgan fingerprint density at radius 1 is 1.10 bits per heavy atom. The maximum atomic E-state index is 12.8. The van der Waals surface area contributed by atoms with Crippen molar-refractivity contribution in [1.29, 1.82) is 0 Å². The smallest absolute Gasteiger partial charge is 0.187 e. The third-order valence-electron chi connectivity index (χ3n) is 10.7. The summed E-state index contributed by atoms with van der Waals surface area (Å²) in [7, 11) is -1.78. The van der Waals surface area contributed by atoms with Gasteiger partial charge in [-0.3, -0.25) is 4.79 Å². The maximum Gasteiger partial charge on any atom is 0.187 e. The van der Waals surface area contributed by atoms with Crippen LogP contribution in [-0.2, 0) is 9.22 Å². The van der Waals surface area contributed by atoms with Gasteiger partial charge < -0.3 is 4.43 Å². The average molecular weight is 445 g/mol. The second-order valence-electron chi connectivity index (χ2n) is 12.8. The molecule has 3 fully saturated rings. The summed E-state index contributed by atoms with van der Waals surface area (Å²) in [5.74, 6) is 4.28. The molecule has 0 radical (unpaired) electrons. The SMILES string of the molecule is CCCC[Si](C)(C)OC1CC(=O)C=C2C[C@H](C)[C@H]3[C@@H]4CC[C@H](CC)[C@@]4(C)CC[C@@H]3[C@]21C. The van der Waals surface area contributed by atoms with Crippen molar-refractivity contribution in [2.75, 3.05) is 0 Å². The van der Waals surface area contributed by atoms with Crippen molar-refractivity contribution in [1.82, 2.24) is 0 Å². The predicted molar refractivity (Wildman–Crippen MR) is 132 cm³/mol. The van der Waals surface area contributed by atoms with Crippen LogP contribution in [0.15, 0.2) is 11.6 Å². The normalized spacial score (nSPS) is 45.0. The van der Waals surface area contributed by atoms with Crippen LogP contribution in [0.5, 0.6) is 0 Å². The number of unbranched alkanes of at least 4 members (excludes halogenated alkanes) is 1. The van der Waals surface area contributed by atoms with Gasteiger partial charge in [-0.05, 0) is 92.3 Å². The van der Waals surface area contributed by atoms with Crippen molar-refractivity contribution in [2.24, 2.45) is 40.4 Å². The van der Waals surface area contributed by atoms with Gasteiger partial charge in [-0.15, -0.1) is 0 Å². The van der Waals surface area contributed by atoms with E-state index in [9.17, 15) is 4.79 Å². The highest BCUT2D eigenvalue weighted by atomic mass is 28.4. The van der Waals surface area contributed by atoms with Crippen LogP contribution in [0, 0.1) is 40.4 Å². The van der Waals surface area contributed by atoms with Crippen LogP contribution in [0.2, 0.25) is 19.1 Å². The first-order valence-electron chi connectivity index (χ1n) is 13.5. The Balaban J connectivity index is 1.68. The molecule has 0 aromatic carbocycles. The molecule has 2 nitrogen and oxygen atoms in total. The zero-order valence-electron chi connectivity index (χ0n) is 21.4. The lowest BCUT2D eigenvalue weighted by Gasteiger charge is -2.62. The third-order valence-corrected chi connectivity index (χ3v) is 13.1. The third kappa shape index (κ3) is 3.84. The van der Waals surface area contributed by atoms with E-state index in [-0.39, 0.29) is 11.5 Å². The molecule has 3 saturated carbocycles. The van der Waals surface area contributed by atoms with Crippen molar-refractivity contribution < 1.29 is 9.22 Å². The Morgan fingerprint density at radius 2 is 1.84 bits per heavy atom. The summed E-state index contributed by atoms with van der Waals surface area (Å²) in [5.41, 5.74) is 2.04. The van der Waals surface area contributed by atoms with Gasteiger partial charge in [-0.1, -0.05) is 59.5 Å². The maximum absolute atomic E-state index is 12.8. The molecule has 0 aromatic heterocycles. The Morgan fingerprint density at radius 3 is 2.52 bits per heavy atom. The fourth-order valence-electron chi connectivity index (χ4n) is 8.93. The second-order valence-corrected chi connectivity index (χ2v) is 17.0. The average Bonchev–Trinajstić information content (AvgIpc) is 3.04. The summed E-state index contributed by atoms with van der Waals surface area (Å²) >= 11 is 0. The zero-order valence-corrected chi connectivity index (χ0v) is 22.4. The van der Waals surface area contributed by atoms with E-state index in [4.69, 9.17) is 4.43 Å². The van der Waals surface area contributed by atoms with Crippen LogP contribution >= 0.6 is 0 Å². The Labute approximate surface area is 193 Å². The first kappa shape index (κ1) is 23.7. The minimum absolute atomic E-state index is 0.0627. The summed E-state index contributed by atoms with van der Waals surface area (Å²) in [6, 6.07) is 1.21. The lowest BCUT2D eigenvalue weighted by molar-refractivity contribution is -0.130. The van der Waals surface area contributed by atoms with Gasteiger partial charge in [0.2, 0.25) is 0 Å². The van der Waals surface area contributed by atoms with Crippen LogP contribution in [0.25, 0.3) is 0 Å². The highest BCUT2D eigenvalue weighted by Gasteiger charge is 2.62. The Kier molecular flexibility index (Phi) is 6.45. The van der Waals surface area contributed by atoms with Crippen LogP contribution in [-0.4, -0.2) is 20.2 Å². The zero-order chi connectivity index (χ0) is 22.6. The van der Waals surface area contributed by atoms with E-state index in [2.05, 4.69) is 53.8 Å². The highest BCUT2D eigenvalue weighted by Crippen LogP contribution is 2.68. The summed E-state index contributed by atoms with van der Waals surface area (Å²) < 4.78 is 7.06. The van der Waals surface area contributed by atoms with E-state index in [1.54, 1.807) is 0 Å². The molecule has 1 unspecified atom stereocenters. The molecule has 0 aliphatic heterocycles. The molecule has 31 heavy (non-hydrogen) atoms. The van der Waals surface area contributed by atoms with Crippen LogP contribution in [0.1, 0.15) is 92.4 Å². The molecular formula is C28H48O2Si. The first-order valence-corrected chi connectivity index (χ1v) is 16.6. The molecule has 0 aromatic rings. The van der Waals surface area contributed by atoms with E-state index in [0.29, 0.717) is 29.5 Å². The molecule has 0 spiro atoms. The quantitative estimate of drug-likeness (QED) is 0.391. The standard InChI is InChI=1S/C28H48O2Si/c1-8-10-15-31(6,7)30-25-18-22(29)17-21-16-19(3)26-23-12-11-20(9-2)27(23,4)14-13-24(26)28(21,25)5/h17,19-20,23-26H,8-16,18H2,1-7H3/t19-,20-,23-,24-,25?,26-,27+,28-/m0/s1. The van der Waals surface area contributed by atoms with Gasteiger partial charge in [0, 0.05) is 11.8 Å². The molecule has 0 saturated heterocycles. The molecule has 176 valence electrons. The van der Waals surface area contributed by atoms with Crippen molar-refractivity contribution in [2.45, 2.75) is 118 Å². The predicted octanol–water partition coefficient (Wildman–Crippen LogP) is 7.79. The molecule has 4 aliphatic rings. The summed E-state index contributed by atoms with van der Waals surface area (Å²) in [6.45, 7) is 17.1. The number of carbonyl (C=O) groups excluding carboxylic acids is 1. The van der Waals surface area contributed by atoms with Gasteiger partial charge in [0.15, 0.2) is 14.1 Å². The van der Waals surface area contributed by atoms with E-state index in [1.165, 1.54) is 56.6 Å². The van der Waals surface area contributed by atoms with Crippen LogP contribution in [0.3, 0.4) is 0 Å². The summed E-state index contributed by atoms with van der Waals surface area (Å²) in [6.07, 6.45) is 13.3. The van der Waals surface area contributed by atoms with Gasteiger partial charge in [0.05, 0.1) is 6.10 Å². The molecule has 4 rings (SSSR count). The molecule has 0 amide bonds. The molecule has 4 aliphatic carbocycles. The molecule has 0 heterocycles. The van der Waals surface area contributed by atoms with Crippen molar-refractivity contribution >= 4 is 14.1 Å².